The van der Waals surface area contributed by atoms with Crippen LogP contribution in [-0.4, -0.2) is 16.9 Å². The number of hydrogen-bond acceptors (Lipinski definition) is 4. The summed E-state index contributed by atoms with van der Waals surface area (Å²) < 4.78 is 0. The third-order valence-corrected chi connectivity index (χ3v) is 4.05. The molecule has 2 rings (SSSR count). The van der Waals surface area contributed by atoms with E-state index < -0.39 is 4.92 Å². The first kappa shape index (κ1) is 14.3. The first-order valence-corrected chi connectivity index (χ1v) is 6.66. The zero-order chi connectivity index (χ0) is 14.9. The Balaban J connectivity index is 2.14. The van der Waals surface area contributed by atoms with E-state index in [2.05, 4.69) is 19.2 Å². The maximum absolute atomic E-state index is 12.2. The first-order valence-electron chi connectivity index (χ1n) is 6.66. The zero-order valence-electron chi connectivity index (χ0n) is 11.7. The van der Waals surface area contributed by atoms with Gasteiger partial charge in [-0.25, -0.2) is 0 Å². The van der Waals surface area contributed by atoms with Crippen LogP contribution < -0.4 is 11.1 Å². The van der Waals surface area contributed by atoms with Crippen molar-refractivity contribution in [2.24, 2.45) is 5.41 Å². The summed E-state index contributed by atoms with van der Waals surface area (Å²) in [5.74, 6) is -0.230. The van der Waals surface area contributed by atoms with Crippen LogP contribution in [0.4, 0.5) is 11.4 Å². The molecule has 1 aliphatic rings. The van der Waals surface area contributed by atoms with Gasteiger partial charge in [0.1, 0.15) is 5.69 Å². The van der Waals surface area contributed by atoms with Crippen molar-refractivity contribution in [2.75, 3.05) is 5.73 Å². The molecule has 1 aliphatic carbocycles. The Morgan fingerprint density at radius 1 is 1.50 bits per heavy atom. The number of benzene rings is 1. The van der Waals surface area contributed by atoms with E-state index in [1.54, 1.807) is 0 Å². The number of nitrogens with zero attached hydrogens (tertiary/aromatic N) is 1. The van der Waals surface area contributed by atoms with Crippen LogP contribution in [0.25, 0.3) is 0 Å². The van der Waals surface area contributed by atoms with E-state index in [4.69, 9.17) is 5.73 Å². The van der Waals surface area contributed by atoms with Crippen molar-refractivity contribution in [1.29, 1.82) is 0 Å². The van der Waals surface area contributed by atoms with Gasteiger partial charge in [0, 0.05) is 17.7 Å². The molecule has 1 amide bonds. The molecule has 0 saturated heterocycles. The molecule has 1 unspecified atom stereocenters. The lowest BCUT2D eigenvalue weighted by molar-refractivity contribution is -0.383. The Bertz CT molecular complexity index is 555. The standard InChI is InChI=1S/C14H19N3O3/c1-14(2)7-3-4-12(14)16-13(18)9-5-6-11(17(19)20)10(15)8-9/h5-6,8,12H,3-4,7,15H2,1-2H3,(H,16,18). The van der Waals surface area contributed by atoms with E-state index in [1.165, 1.54) is 18.2 Å². The number of nitrogens with two attached hydrogens (primary N) is 1. The van der Waals surface area contributed by atoms with Crippen LogP contribution in [0.15, 0.2) is 18.2 Å². The van der Waals surface area contributed by atoms with Crippen molar-refractivity contribution in [3.63, 3.8) is 0 Å². The third-order valence-electron chi connectivity index (χ3n) is 4.05. The van der Waals surface area contributed by atoms with Gasteiger partial charge in [0.15, 0.2) is 0 Å². The van der Waals surface area contributed by atoms with Crippen molar-refractivity contribution in [2.45, 2.75) is 39.2 Å². The van der Waals surface area contributed by atoms with Crippen LogP contribution in [0.3, 0.4) is 0 Å². The summed E-state index contributed by atoms with van der Waals surface area (Å²) in [5, 5.41) is 13.7. The monoisotopic (exact) mass is 277 g/mol. The number of nitro groups is 1. The molecule has 0 spiro atoms. The zero-order valence-corrected chi connectivity index (χ0v) is 11.7. The summed E-state index contributed by atoms with van der Waals surface area (Å²) in [6.45, 7) is 4.27. The van der Waals surface area contributed by atoms with Crippen LogP contribution >= 0.6 is 0 Å². The highest BCUT2D eigenvalue weighted by molar-refractivity contribution is 5.96. The van der Waals surface area contributed by atoms with Crippen molar-refractivity contribution in [3.05, 3.63) is 33.9 Å². The Morgan fingerprint density at radius 3 is 2.70 bits per heavy atom. The maximum Gasteiger partial charge on any atom is 0.292 e. The number of hydrogen-bond donors (Lipinski definition) is 2. The first-order chi connectivity index (χ1) is 9.31. The van der Waals surface area contributed by atoms with Gasteiger partial charge in [0.25, 0.3) is 11.6 Å². The molecule has 1 aromatic carbocycles. The van der Waals surface area contributed by atoms with Crippen LogP contribution in [-0.2, 0) is 0 Å². The van der Waals surface area contributed by atoms with Crippen LogP contribution in [0, 0.1) is 15.5 Å². The fourth-order valence-corrected chi connectivity index (χ4v) is 2.70. The van der Waals surface area contributed by atoms with Crippen LogP contribution in [0.1, 0.15) is 43.5 Å². The number of carbonyl (C=O) groups is 1. The summed E-state index contributed by atoms with van der Waals surface area (Å²) in [7, 11) is 0. The van der Waals surface area contributed by atoms with Gasteiger partial charge < -0.3 is 11.1 Å². The fraction of sp³-hybridized carbons (Fsp3) is 0.500. The molecule has 6 nitrogen and oxygen atoms in total. The molecule has 108 valence electrons. The summed E-state index contributed by atoms with van der Waals surface area (Å²) in [4.78, 5) is 22.3. The quantitative estimate of drug-likeness (QED) is 0.503. The van der Waals surface area contributed by atoms with Gasteiger partial charge in [-0.1, -0.05) is 20.3 Å². The largest absolute Gasteiger partial charge is 0.393 e. The van der Waals surface area contributed by atoms with Crippen molar-refractivity contribution < 1.29 is 9.72 Å². The second-order valence-corrected chi connectivity index (χ2v) is 5.94. The van der Waals surface area contributed by atoms with E-state index in [-0.39, 0.29) is 28.7 Å². The second-order valence-electron chi connectivity index (χ2n) is 5.94. The molecule has 0 heterocycles. The SMILES string of the molecule is CC1(C)CCCC1NC(=O)c1ccc([N+](=O)[O-])c(N)c1. The smallest absolute Gasteiger partial charge is 0.292 e. The number of amides is 1. The molecule has 0 aliphatic heterocycles. The lowest BCUT2D eigenvalue weighted by atomic mass is 9.87. The number of nitrogens with one attached hydrogen (secondary N) is 1. The lowest BCUT2D eigenvalue weighted by Gasteiger charge is -2.27. The molecule has 20 heavy (non-hydrogen) atoms. The van der Waals surface area contributed by atoms with Crippen molar-refractivity contribution in [3.8, 4) is 0 Å². The summed E-state index contributed by atoms with van der Waals surface area (Å²) in [6.07, 6.45) is 3.14. The molecule has 3 N–H and O–H groups in total. The minimum Gasteiger partial charge on any atom is -0.393 e. The Morgan fingerprint density at radius 2 is 2.20 bits per heavy atom. The maximum atomic E-state index is 12.2. The van der Waals surface area contributed by atoms with Crippen LogP contribution in [0.5, 0.6) is 0 Å². The summed E-state index contributed by atoms with van der Waals surface area (Å²) >= 11 is 0. The Labute approximate surface area is 117 Å². The molecule has 0 aromatic heterocycles. The molecule has 0 bridgehead atoms. The molecule has 1 saturated carbocycles. The predicted molar refractivity (Wildman–Crippen MR) is 76.4 cm³/mol. The van der Waals surface area contributed by atoms with Gasteiger partial charge in [-0.15, -0.1) is 0 Å². The molecule has 1 atom stereocenters. The fourth-order valence-electron chi connectivity index (χ4n) is 2.70. The molecular weight excluding hydrogens is 258 g/mol. The van der Waals surface area contributed by atoms with E-state index in [1.807, 2.05) is 0 Å². The lowest BCUT2D eigenvalue weighted by Crippen LogP contribution is -2.41. The number of anilines is 1. The average Bonchev–Trinajstić information content (AvgIpc) is 2.68. The minimum absolute atomic E-state index is 0.00771. The van der Waals surface area contributed by atoms with Crippen molar-refractivity contribution >= 4 is 17.3 Å². The van der Waals surface area contributed by atoms with Gasteiger partial charge in [0.05, 0.1) is 4.92 Å². The average molecular weight is 277 g/mol. The van der Waals surface area contributed by atoms with E-state index in [0.29, 0.717) is 5.56 Å². The van der Waals surface area contributed by atoms with Crippen molar-refractivity contribution in [1.82, 2.24) is 5.32 Å². The van der Waals surface area contributed by atoms with E-state index in [9.17, 15) is 14.9 Å². The number of carbonyl (C=O) groups excluding carboxylic acids is 1. The third kappa shape index (κ3) is 2.74. The predicted octanol–water partition coefficient (Wildman–Crippen LogP) is 2.49. The highest BCUT2D eigenvalue weighted by Crippen LogP contribution is 2.37. The number of nitro benzene ring substituents is 1. The molecular formula is C14H19N3O3. The topological polar surface area (TPSA) is 98.3 Å². The molecule has 1 aromatic rings. The molecule has 0 radical (unpaired) electrons. The Hall–Kier alpha value is -2.11. The Kier molecular flexibility index (Phi) is 3.65. The summed E-state index contributed by atoms with van der Waals surface area (Å²) in [6, 6.07) is 4.19. The van der Waals surface area contributed by atoms with Gasteiger partial charge in [-0.05, 0) is 30.4 Å². The number of rotatable bonds is 3. The summed E-state index contributed by atoms with van der Waals surface area (Å²) in [5.41, 5.74) is 5.87. The van der Waals surface area contributed by atoms with Gasteiger partial charge in [-0.3, -0.25) is 14.9 Å². The van der Waals surface area contributed by atoms with Gasteiger partial charge >= 0.3 is 0 Å². The number of nitrogen functional groups attached to an aromatic ring is 1. The van der Waals surface area contributed by atoms with Gasteiger partial charge in [-0.2, -0.15) is 0 Å². The van der Waals surface area contributed by atoms with E-state index in [0.717, 1.165) is 19.3 Å². The molecule has 1 fully saturated rings. The van der Waals surface area contributed by atoms with Gasteiger partial charge in [0.2, 0.25) is 0 Å². The second kappa shape index (κ2) is 5.11. The highest BCUT2D eigenvalue weighted by Gasteiger charge is 2.35. The molecule has 6 heteroatoms. The highest BCUT2D eigenvalue weighted by atomic mass is 16.6. The normalized spacial score (nSPS) is 20.6. The van der Waals surface area contributed by atoms with E-state index >= 15 is 0 Å². The van der Waals surface area contributed by atoms with Crippen LogP contribution in [0.2, 0.25) is 0 Å². The minimum atomic E-state index is -0.558.